The van der Waals surface area contributed by atoms with Gasteiger partial charge in [0.2, 0.25) is 0 Å². The van der Waals surface area contributed by atoms with Gasteiger partial charge in [0, 0.05) is 5.92 Å². The lowest BCUT2D eigenvalue weighted by Gasteiger charge is -2.57. The molecule has 5 rings (SSSR count). The number of fused-ring (bicyclic) bond motifs is 4. The first-order valence-corrected chi connectivity index (χ1v) is 15.6. The predicted octanol–water partition coefficient (Wildman–Crippen LogP) is 8.36. The van der Waals surface area contributed by atoms with Crippen LogP contribution in [0.5, 0.6) is 5.75 Å². The molecule has 3 N–H and O–H groups in total. The van der Waals surface area contributed by atoms with Crippen molar-refractivity contribution >= 4 is 0 Å². The third-order valence-electron chi connectivity index (χ3n) is 12.1. The quantitative estimate of drug-likeness (QED) is 0.348. The maximum absolute atomic E-state index is 11.9. The minimum absolute atomic E-state index is 0.0143. The summed E-state index contributed by atoms with van der Waals surface area (Å²) in [4.78, 5) is 0. The summed E-state index contributed by atoms with van der Waals surface area (Å²) >= 11 is 0. The van der Waals surface area contributed by atoms with Crippen molar-refractivity contribution in [2.45, 2.75) is 142 Å². The molecule has 7 atom stereocenters. The van der Waals surface area contributed by atoms with E-state index in [2.05, 4.69) is 66.7 Å². The van der Waals surface area contributed by atoms with Crippen LogP contribution in [-0.2, 0) is 5.41 Å². The molecule has 0 amide bonds. The molecule has 0 spiro atoms. The zero-order valence-electron chi connectivity index (χ0n) is 25.4. The second-order valence-electron chi connectivity index (χ2n) is 15.6. The molecule has 1 aromatic carbocycles. The Balaban J connectivity index is 1.57. The largest absolute Gasteiger partial charge is 0.508 e. The number of phenols is 1. The average Bonchev–Trinajstić information content (AvgIpc) is 2.80. The van der Waals surface area contributed by atoms with Gasteiger partial charge in [-0.15, -0.1) is 0 Å². The van der Waals surface area contributed by atoms with Crippen molar-refractivity contribution in [3.05, 3.63) is 40.5 Å². The lowest BCUT2D eigenvalue weighted by Crippen LogP contribution is -2.63. The van der Waals surface area contributed by atoms with Gasteiger partial charge >= 0.3 is 0 Å². The Morgan fingerprint density at radius 2 is 1.66 bits per heavy atom. The van der Waals surface area contributed by atoms with E-state index in [-0.39, 0.29) is 22.7 Å². The second kappa shape index (κ2) is 9.37. The number of hydrogen-bond donors (Lipinski definition) is 3. The standard InChI is InChI=1S/C35H54O3/c1-21(2)25-11-14-34(8,37)35(38)15-10-23(17-29(25)35)16-24-18-31-32(5,6)12-9-13-33(31,7)28-20-30(36)26(22(3)4)19-27(24)28/h17,19-22,24-25,29,31,36-38H,9-16,18H2,1-8H3. The zero-order chi connectivity index (χ0) is 27.8. The molecule has 0 aromatic heterocycles. The van der Waals surface area contributed by atoms with Crippen LogP contribution in [0.4, 0.5) is 0 Å². The highest BCUT2D eigenvalue weighted by Gasteiger charge is 2.58. The van der Waals surface area contributed by atoms with Gasteiger partial charge in [0.1, 0.15) is 5.75 Å². The highest BCUT2D eigenvalue weighted by molar-refractivity contribution is 5.51. The van der Waals surface area contributed by atoms with Crippen molar-refractivity contribution in [3.8, 4) is 5.75 Å². The average molecular weight is 523 g/mol. The van der Waals surface area contributed by atoms with E-state index in [0.717, 1.165) is 24.8 Å². The molecule has 3 nitrogen and oxygen atoms in total. The van der Waals surface area contributed by atoms with Gasteiger partial charge < -0.3 is 15.3 Å². The molecule has 0 heterocycles. The highest BCUT2D eigenvalue weighted by atomic mass is 16.4. The summed E-state index contributed by atoms with van der Waals surface area (Å²) in [6.07, 6.45) is 11.5. The molecule has 0 aliphatic heterocycles. The summed E-state index contributed by atoms with van der Waals surface area (Å²) in [5, 5.41) is 34.3. The highest BCUT2D eigenvalue weighted by Crippen LogP contribution is 2.62. The van der Waals surface area contributed by atoms with Crippen molar-refractivity contribution in [3.63, 3.8) is 0 Å². The number of rotatable bonds is 4. The number of aromatic hydroxyl groups is 1. The van der Waals surface area contributed by atoms with Gasteiger partial charge in [-0.25, -0.2) is 0 Å². The van der Waals surface area contributed by atoms with E-state index < -0.39 is 11.2 Å². The molecule has 2 fully saturated rings. The molecule has 1 aromatic rings. The first-order valence-electron chi connectivity index (χ1n) is 15.6. The van der Waals surface area contributed by atoms with Gasteiger partial charge in [0.15, 0.2) is 0 Å². The van der Waals surface area contributed by atoms with Crippen LogP contribution in [0.1, 0.15) is 142 Å². The molecule has 0 bridgehead atoms. The molecule has 7 unspecified atom stereocenters. The van der Waals surface area contributed by atoms with Gasteiger partial charge in [0.05, 0.1) is 11.2 Å². The van der Waals surface area contributed by atoms with E-state index in [1.54, 1.807) is 0 Å². The fourth-order valence-corrected chi connectivity index (χ4v) is 9.72. The molecule has 38 heavy (non-hydrogen) atoms. The Labute approximate surface area is 232 Å². The lowest BCUT2D eigenvalue weighted by atomic mass is 9.48. The Morgan fingerprint density at radius 1 is 0.947 bits per heavy atom. The number of phenolic OH excluding ortho intramolecular Hbond substituents is 1. The molecule has 212 valence electrons. The monoisotopic (exact) mass is 522 g/mol. The van der Waals surface area contributed by atoms with Crippen molar-refractivity contribution in [1.82, 2.24) is 0 Å². The maximum Gasteiger partial charge on any atom is 0.119 e. The molecule has 4 aliphatic rings. The van der Waals surface area contributed by atoms with Crippen molar-refractivity contribution in [2.24, 2.45) is 29.1 Å². The summed E-state index contributed by atoms with van der Waals surface area (Å²) in [6, 6.07) is 4.50. The zero-order valence-corrected chi connectivity index (χ0v) is 25.4. The number of allylic oxidation sites excluding steroid dienone is 1. The maximum atomic E-state index is 11.9. The number of benzene rings is 1. The van der Waals surface area contributed by atoms with E-state index in [9.17, 15) is 15.3 Å². The van der Waals surface area contributed by atoms with Crippen LogP contribution in [0.2, 0.25) is 0 Å². The van der Waals surface area contributed by atoms with Crippen LogP contribution >= 0.6 is 0 Å². The summed E-state index contributed by atoms with van der Waals surface area (Å²) in [6.45, 7) is 18.2. The van der Waals surface area contributed by atoms with Crippen LogP contribution in [-0.4, -0.2) is 26.5 Å². The smallest absolute Gasteiger partial charge is 0.119 e. The summed E-state index contributed by atoms with van der Waals surface area (Å²) < 4.78 is 0. The van der Waals surface area contributed by atoms with Crippen molar-refractivity contribution in [1.29, 1.82) is 0 Å². The summed E-state index contributed by atoms with van der Waals surface area (Å²) in [5.41, 5.74) is 3.71. The molecule has 3 heteroatoms. The molecule has 0 radical (unpaired) electrons. The van der Waals surface area contributed by atoms with Gasteiger partial charge in [-0.05, 0) is 121 Å². The van der Waals surface area contributed by atoms with Crippen LogP contribution < -0.4 is 0 Å². The van der Waals surface area contributed by atoms with Crippen LogP contribution in [0.25, 0.3) is 0 Å². The van der Waals surface area contributed by atoms with Gasteiger partial charge in [-0.1, -0.05) is 72.6 Å². The minimum Gasteiger partial charge on any atom is -0.508 e. The number of hydrogen-bond acceptors (Lipinski definition) is 3. The van der Waals surface area contributed by atoms with Crippen LogP contribution in [0.15, 0.2) is 23.8 Å². The Bertz CT molecular complexity index is 1090. The third kappa shape index (κ3) is 4.30. The van der Waals surface area contributed by atoms with E-state index in [1.165, 1.54) is 42.4 Å². The van der Waals surface area contributed by atoms with Crippen LogP contribution in [0.3, 0.4) is 0 Å². The molecular weight excluding hydrogens is 468 g/mol. The first kappa shape index (κ1) is 28.2. The molecule has 4 aliphatic carbocycles. The first-order chi connectivity index (χ1) is 17.6. The van der Waals surface area contributed by atoms with E-state index in [1.807, 2.05) is 6.92 Å². The normalized spacial score (nSPS) is 40.4. The van der Waals surface area contributed by atoms with Gasteiger partial charge in [-0.2, -0.15) is 0 Å². The fourth-order valence-electron chi connectivity index (χ4n) is 9.72. The number of aliphatic hydroxyl groups is 2. The van der Waals surface area contributed by atoms with Gasteiger partial charge in [-0.3, -0.25) is 0 Å². The molecular formula is C35H54O3. The molecule has 2 saturated carbocycles. The summed E-state index contributed by atoms with van der Waals surface area (Å²) in [5.74, 6) is 2.67. The SMILES string of the molecule is CC(C)c1cc2c(cc1O)C1(C)CCCC(C)(C)C1CC2CC1=CC2C(C(C)C)CCC(C)(O)C2(O)CC1. The second-order valence-corrected chi connectivity index (χ2v) is 15.6. The van der Waals surface area contributed by atoms with E-state index in [4.69, 9.17) is 0 Å². The minimum atomic E-state index is -1.03. The Hall–Kier alpha value is -1.32. The van der Waals surface area contributed by atoms with E-state index >= 15 is 0 Å². The van der Waals surface area contributed by atoms with Crippen molar-refractivity contribution in [2.75, 3.05) is 0 Å². The van der Waals surface area contributed by atoms with Crippen molar-refractivity contribution < 1.29 is 15.3 Å². The fraction of sp³-hybridized carbons (Fsp3) is 0.771. The summed E-state index contributed by atoms with van der Waals surface area (Å²) in [7, 11) is 0. The lowest BCUT2D eigenvalue weighted by molar-refractivity contribution is -0.208. The Morgan fingerprint density at radius 3 is 2.32 bits per heavy atom. The molecule has 0 saturated heterocycles. The van der Waals surface area contributed by atoms with Gasteiger partial charge in [0.25, 0.3) is 0 Å². The van der Waals surface area contributed by atoms with Crippen LogP contribution in [0, 0.1) is 29.1 Å². The predicted molar refractivity (Wildman–Crippen MR) is 157 cm³/mol. The topological polar surface area (TPSA) is 60.7 Å². The third-order valence-corrected chi connectivity index (χ3v) is 12.1. The Kier molecular flexibility index (Phi) is 6.96. The van der Waals surface area contributed by atoms with E-state index in [0.29, 0.717) is 42.3 Å².